The monoisotopic (exact) mass is 700 g/mol. The first-order valence-corrected chi connectivity index (χ1v) is 17.8. The first-order chi connectivity index (χ1) is 23.3. The predicted octanol–water partition coefficient (Wildman–Crippen LogP) is 11.1. The number of nitro benzene ring substituents is 2. The van der Waals surface area contributed by atoms with Crippen LogP contribution in [0.4, 0.5) is 11.4 Å². The molecule has 5 aromatic carbocycles. The van der Waals surface area contributed by atoms with Crippen LogP contribution < -0.4 is 0 Å². The lowest BCUT2D eigenvalue weighted by molar-refractivity contribution is -0.385. The highest BCUT2D eigenvalue weighted by Crippen LogP contribution is 2.50. The molecule has 0 aliphatic rings. The fraction of sp³-hybridized carbons (Fsp3) is 0. The van der Waals surface area contributed by atoms with E-state index in [1.54, 1.807) is 46.9 Å². The van der Waals surface area contributed by atoms with E-state index >= 15 is 0 Å². The number of nitrogens with zero attached hydrogens (tertiary/aromatic N) is 2. The number of nitro groups is 2. The Morgan fingerprint density at radius 2 is 0.812 bits per heavy atom. The maximum Gasteiger partial charge on any atom is 0.280 e. The van der Waals surface area contributed by atoms with Gasteiger partial charge in [0.25, 0.3) is 11.4 Å². The van der Waals surface area contributed by atoms with Crippen LogP contribution in [0.5, 0.6) is 0 Å². The molecule has 0 aliphatic heterocycles. The number of benzene rings is 5. The van der Waals surface area contributed by atoms with Crippen LogP contribution in [0.1, 0.15) is 30.5 Å². The topological polar surface area (TPSA) is 120 Å². The smallest absolute Gasteiger partial charge is 0.280 e. The molecule has 0 saturated carbocycles. The van der Waals surface area contributed by atoms with E-state index < -0.39 is 21.4 Å². The van der Waals surface area contributed by atoms with Crippen molar-refractivity contribution in [2.75, 3.05) is 0 Å². The second kappa shape index (κ2) is 10.6. The Bertz CT molecular complexity index is 2710. The summed E-state index contributed by atoms with van der Waals surface area (Å²) in [4.78, 5) is 50.4. The normalized spacial score (nSPS) is 11.8. The van der Waals surface area contributed by atoms with Crippen molar-refractivity contribution in [1.29, 1.82) is 0 Å². The van der Waals surface area contributed by atoms with Gasteiger partial charge in [0.05, 0.1) is 19.6 Å². The summed E-state index contributed by atoms with van der Waals surface area (Å²) in [6, 6.07) is 28.0. The van der Waals surface area contributed by atoms with Crippen LogP contribution in [0.2, 0.25) is 0 Å². The molecule has 0 unspecified atom stereocenters. The number of fused-ring (bicyclic) bond motifs is 11. The highest BCUT2D eigenvalue weighted by atomic mass is 32.1. The molecule has 4 heterocycles. The molecule has 9 rings (SSSR count). The molecule has 9 aromatic rings. The fourth-order valence-corrected chi connectivity index (χ4v) is 10.8. The standard InChI is InChI=1S/C36H16N2O6S4/c39-35(17-5-1-3-7-21(17)37(41)42)29-15-19-23(45-29)9-11-25-31(19)33-27(47-25)13-14-28-34(33)32-20-16-30(46-24(20)10-12-26(32)48-28)36(40)18-6-2-4-8-22(18)38(43)44/h1-16H. The Labute approximate surface area is 285 Å². The minimum Gasteiger partial charge on any atom is -0.287 e. The molecule has 48 heavy (non-hydrogen) atoms. The van der Waals surface area contributed by atoms with Gasteiger partial charge in [-0.25, -0.2) is 0 Å². The van der Waals surface area contributed by atoms with Gasteiger partial charge in [0.2, 0.25) is 11.6 Å². The molecule has 0 aliphatic carbocycles. The summed E-state index contributed by atoms with van der Waals surface area (Å²) >= 11 is 5.96. The molecule has 0 N–H and O–H groups in total. The van der Waals surface area contributed by atoms with Crippen LogP contribution in [-0.2, 0) is 0 Å². The van der Waals surface area contributed by atoms with E-state index in [9.17, 15) is 29.8 Å². The third-order valence-electron chi connectivity index (χ3n) is 8.53. The number of hydrogen-bond donors (Lipinski definition) is 0. The van der Waals surface area contributed by atoms with E-state index in [0.717, 1.165) is 60.5 Å². The SMILES string of the molecule is O=C(c1cc2c(ccc3sc4ccc5sc6ccc7sc(C(=O)c8ccccc8[N+](=O)[O-])cc7c6c5c4c32)s1)c1ccccc1[N+](=O)[O-]. The maximum absolute atomic E-state index is 13.6. The summed E-state index contributed by atoms with van der Waals surface area (Å²) in [5.74, 6) is -0.781. The minimum atomic E-state index is -0.533. The van der Waals surface area contributed by atoms with Gasteiger partial charge in [-0.1, -0.05) is 24.3 Å². The van der Waals surface area contributed by atoms with E-state index in [4.69, 9.17) is 0 Å². The van der Waals surface area contributed by atoms with Gasteiger partial charge in [0, 0.05) is 72.6 Å². The van der Waals surface area contributed by atoms with Gasteiger partial charge in [-0.15, -0.1) is 45.3 Å². The molecule has 230 valence electrons. The number of carbonyl (C=O) groups is 2. The average molecular weight is 701 g/mol. The molecule has 0 saturated heterocycles. The Hall–Kier alpha value is -5.40. The lowest BCUT2D eigenvalue weighted by Crippen LogP contribution is -2.03. The summed E-state index contributed by atoms with van der Waals surface area (Å²) in [5.41, 5.74) is -0.343. The van der Waals surface area contributed by atoms with Gasteiger partial charge < -0.3 is 0 Å². The zero-order chi connectivity index (χ0) is 32.8. The van der Waals surface area contributed by atoms with Crippen LogP contribution in [0.15, 0.2) is 97.1 Å². The van der Waals surface area contributed by atoms with Crippen LogP contribution in [0.25, 0.3) is 60.5 Å². The van der Waals surface area contributed by atoms with E-state index in [1.807, 2.05) is 24.3 Å². The van der Waals surface area contributed by atoms with Crippen molar-refractivity contribution >= 4 is 129 Å². The van der Waals surface area contributed by atoms with E-state index in [2.05, 4.69) is 24.3 Å². The molecule has 0 fully saturated rings. The Balaban J connectivity index is 1.30. The van der Waals surface area contributed by atoms with E-state index in [1.165, 1.54) is 46.9 Å². The van der Waals surface area contributed by atoms with Crippen molar-refractivity contribution < 1.29 is 19.4 Å². The lowest BCUT2D eigenvalue weighted by atomic mass is 10.0. The second-order valence-electron chi connectivity index (χ2n) is 11.1. The van der Waals surface area contributed by atoms with Crippen LogP contribution in [0.3, 0.4) is 0 Å². The number of hydrogen-bond acceptors (Lipinski definition) is 10. The molecule has 0 radical (unpaired) electrons. The summed E-state index contributed by atoms with van der Waals surface area (Å²) in [6.45, 7) is 0. The fourth-order valence-electron chi connectivity index (χ4n) is 6.48. The zero-order valence-corrected chi connectivity index (χ0v) is 27.5. The maximum atomic E-state index is 13.6. The second-order valence-corrected chi connectivity index (χ2v) is 15.5. The van der Waals surface area contributed by atoms with E-state index in [0.29, 0.717) is 9.75 Å². The van der Waals surface area contributed by atoms with Crippen molar-refractivity contribution in [3.05, 3.63) is 138 Å². The van der Waals surface area contributed by atoms with Gasteiger partial charge in [-0.05, 0) is 60.7 Å². The summed E-state index contributed by atoms with van der Waals surface area (Å²) in [7, 11) is 0. The third kappa shape index (κ3) is 4.17. The van der Waals surface area contributed by atoms with Crippen molar-refractivity contribution in [2.24, 2.45) is 0 Å². The Kier molecular flexibility index (Phi) is 6.33. The first-order valence-electron chi connectivity index (χ1n) is 14.5. The van der Waals surface area contributed by atoms with Gasteiger partial charge in [-0.2, -0.15) is 0 Å². The number of thiophene rings is 4. The van der Waals surface area contributed by atoms with Gasteiger partial charge in [-0.3, -0.25) is 29.8 Å². The number of para-hydroxylation sites is 2. The summed E-state index contributed by atoms with van der Waals surface area (Å²) < 4.78 is 6.06. The first kappa shape index (κ1) is 28.8. The van der Waals surface area contributed by atoms with Crippen LogP contribution in [0, 0.1) is 20.2 Å². The van der Waals surface area contributed by atoms with Crippen molar-refractivity contribution in [2.45, 2.75) is 0 Å². The average Bonchev–Trinajstić information content (AvgIpc) is 3.88. The molecule has 12 heteroatoms. The molecule has 0 spiro atoms. The van der Waals surface area contributed by atoms with E-state index in [-0.39, 0.29) is 22.5 Å². The van der Waals surface area contributed by atoms with Crippen molar-refractivity contribution in [3.8, 4) is 0 Å². The Morgan fingerprint density at radius 1 is 0.458 bits per heavy atom. The molecular weight excluding hydrogens is 685 g/mol. The lowest BCUT2D eigenvalue weighted by Gasteiger charge is -2.00. The molecular formula is C36H16N2O6S4. The van der Waals surface area contributed by atoms with Crippen LogP contribution >= 0.6 is 45.3 Å². The minimum absolute atomic E-state index is 0.0535. The highest BCUT2D eigenvalue weighted by Gasteiger charge is 2.26. The van der Waals surface area contributed by atoms with Crippen molar-refractivity contribution in [3.63, 3.8) is 0 Å². The van der Waals surface area contributed by atoms with Gasteiger partial charge in [0.1, 0.15) is 11.1 Å². The number of carbonyl (C=O) groups excluding carboxylic acids is 2. The van der Waals surface area contributed by atoms with Crippen molar-refractivity contribution in [1.82, 2.24) is 0 Å². The summed E-state index contributed by atoms with van der Waals surface area (Å²) in [5, 5.41) is 29.3. The third-order valence-corrected chi connectivity index (χ3v) is 13.0. The quantitative estimate of drug-likeness (QED) is 0.0967. The molecule has 0 amide bonds. The molecule has 0 bridgehead atoms. The highest BCUT2D eigenvalue weighted by molar-refractivity contribution is 7.29. The predicted molar refractivity (Wildman–Crippen MR) is 196 cm³/mol. The zero-order valence-electron chi connectivity index (χ0n) is 24.2. The van der Waals surface area contributed by atoms with Gasteiger partial charge in [0.15, 0.2) is 0 Å². The molecule has 4 aromatic heterocycles. The molecule has 0 atom stereocenters. The Morgan fingerprint density at radius 3 is 1.21 bits per heavy atom. The van der Waals surface area contributed by atoms with Crippen LogP contribution in [-0.4, -0.2) is 21.4 Å². The number of rotatable bonds is 6. The largest absolute Gasteiger partial charge is 0.287 e. The molecule has 8 nitrogen and oxygen atoms in total. The van der Waals surface area contributed by atoms with Gasteiger partial charge >= 0.3 is 0 Å². The summed E-state index contributed by atoms with van der Waals surface area (Å²) in [6.07, 6.45) is 0. The number of ketones is 2.